The maximum Gasteiger partial charge on any atom is 0.416 e. The molecule has 0 fully saturated rings. The zero-order valence-electron chi connectivity index (χ0n) is 20.4. The van der Waals surface area contributed by atoms with E-state index in [2.05, 4.69) is 15.3 Å². The highest BCUT2D eigenvalue weighted by Crippen LogP contribution is 2.33. The lowest BCUT2D eigenvalue weighted by Crippen LogP contribution is -2.42. The fraction of sp³-hybridized carbons (Fsp3) is 0.103. The van der Waals surface area contributed by atoms with Gasteiger partial charge in [0.1, 0.15) is 11.7 Å². The number of alkyl halides is 3. The summed E-state index contributed by atoms with van der Waals surface area (Å²) in [7, 11) is 0. The molecule has 0 aliphatic rings. The highest BCUT2D eigenvalue weighted by atomic mass is 35.5. The molecular formula is C29H19ClF3N3O4. The Morgan fingerprint density at radius 1 is 0.925 bits per heavy atom. The molecule has 0 spiro atoms. The molecule has 0 saturated heterocycles. The topological polar surface area (TPSA) is 105 Å². The molecule has 0 bridgehead atoms. The number of amides is 1. The third kappa shape index (κ3) is 5.81. The molecule has 2 aromatic heterocycles. The molecule has 5 aromatic rings. The molecule has 0 radical (unpaired) electrons. The van der Waals surface area contributed by atoms with E-state index < -0.39 is 29.7 Å². The van der Waals surface area contributed by atoms with Gasteiger partial charge in [0.25, 0.3) is 5.91 Å². The number of pyridine rings is 1. The summed E-state index contributed by atoms with van der Waals surface area (Å²) in [5.74, 6) is -2.32. The van der Waals surface area contributed by atoms with Crippen LogP contribution in [0.1, 0.15) is 21.6 Å². The Kier molecular flexibility index (Phi) is 7.27. The van der Waals surface area contributed by atoms with Gasteiger partial charge in [0.15, 0.2) is 11.5 Å². The average Bonchev–Trinajstić information content (AvgIpc) is 3.39. The minimum absolute atomic E-state index is 0.0363. The van der Waals surface area contributed by atoms with Gasteiger partial charge in [0, 0.05) is 22.4 Å². The molecule has 3 aromatic carbocycles. The fourth-order valence-corrected chi connectivity index (χ4v) is 4.17. The summed E-state index contributed by atoms with van der Waals surface area (Å²) in [6.07, 6.45) is -4.57. The fourth-order valence-electron chi connectivity index (χ4n) is 4.05. The normalized spacial score (nSPS) is 12.3. The molecule has 40 heavy (non-hydrogen) atoms. The van der Waals surface area contributed by atoms with Gasteiger partial charge >= 0.3 is 12.1 Å². The number of para-hydroxylation sites is 1. The highest BCUT2D eigenvalue weighted by Gasteiger charge is 2.31. The van der Waals surface area contributed by atoms with Crippen molar-refractivity contribution in [3.63, 3.8) is 0 Å². The first-order valence-electron chi connectivity index (χ1n) is 11.9. The van der Waals surface area contributed by atoms with E-state index in [0.29, 0.717) is 16.1 Å². The number of aromatic nitrogens is 2. The lowest BCUT2D eigenvalue weighted by atomic mass is 10.1. The molecule has 0 unspecified atom stereocenters. The minimum atomic E-state index is -4.53. The molecule has 1 atom stereocenters. The van der Waals surface area contributed by atoms with E-state index in [9.17, 15) is 27.9 Å². The van der Waals surface area contributed by atoms with Crippen LogP contribution in [0.25, 0.3) is 33.8 Å². The first kappa shape index (κ1) is 26.9. The SMILES string of the molecule is O=C(N[C@@H](Cc1ccc(Cl)cc1)C(=O)O)c1nc(-c2ccc(C(F)(F)F)cc2)oc1-c1ccc2ccccc2n1. The summed E-state index contributed by atoms with van der Waals surface area (Å²) >= 11 is 5.90. The Balaban J connectivity index is 1.53. The van der Waals surface area contributed by atoms with Gasteiger partial charge < -0.3 is 14.8 Å². The Morgan fingerprint density at radius 3 is 2.30 bits per heavy atom. The second-order valence-electron chi connectivity index (χ2n) is 8.86. The van der Waals surface area contributed by atoms with Crippen molar-refractivity contribution in [1.82, 2.24) is 15.3 Å². The van der Waals surface area contributed by atoms with E-state index in [4.69, 9.17) is 16.0 Å². The number of oxazole rings is 1. The van der Waals surface area contributed by atoms with Gasteiger partial charge in [0.05, 0.1) is 11.1 Å². The third-order valence-electron chi connectivity index (χ3n) is 6.09. The molecule has 202 valence electrons. The predicted molar refractivity (Wildman–Crippen MR) is 142 cm³/mol. The summed E-state index contributed by atoms with van der Waals surface area (Å²) in [5, 5.41) is 13.5. The molecule has 1 amide bonds. The van der Waals surface area contributed by atoms with Crippen LogP contribution in [-0.2, 0) is 17.4 Å². The Bertz CT molecular complexity index is 1700. The van der Waals surface area contributed by atoms with Crippen LogP contribution in [0.5, 0.6) is 0 Å². The predicted octanol–water partition coefficient (Wildman–Crippen LogP) is 6.65. The van der Waals surface area contributed by atoms with Gasteiger partial charge in [-0.05, 0) is 54.1 Å². The number of carboxylic acids is 1. The molecule has 0 aliphatic carbocycles. The number of fused-ring (bicyclic) bond motifs is 1. The van der Waals surface area contributed by atoms with Crippen LogP contribution >= 0.6 is 11.6 Å². The minimum Gasteiger partial charge on any atom is -0.480 e. The number of benzene rings is 3. The molecule has 7 nitrogen and oxygen atoms in total. The molecule has 0 aliphatic heterocycles. The Hall–Kier alpha value is -4.70. The third-order valence-corrected chi connectivity index (χ3v) is 6.34. The van der Waals surface area contributed by atoms with Crippen LogP contribution in [-0.4, -0.2) is 33.0 Å². The number of halogens is 4. The lowest BCUT2D eigenvalue weighted by Gasteiger charge is -2.14. The maximum atomic E-state index is 13.4. The van der Waals surface area contributed by atoms with Crippen molar-refractivity contribution in [2.75, 3.05) is 0 Å². The molecule has 11 heteroatoms. The van der Waals surface area contributed by atoms with Gasteiger partial charge in [-0.25, -0.2) is 14.8 Å². The Morgan fingerprint density at radius 2 is 1.62 bits per heavy atom. The van der Waals surface area contributed by atoms with Crippen molar-refractivity contribution in [1.29, 1.82) is 0 Å². The van der Waals surface area contributed by atoms with Gasteiger partial charge in [-0.1, -0.05) is 48.0 Å². The number of carbonyl (C=O) groups is 2. The van der Waals surface area contributed by atoms with Crippen molar-refractivity contribution in [3.05, 3.63) is 107 Å². The Labute approximate surface area is 230 Å². The number of hydrogen-bond acceptors (Lipinski definition) is 5. The number of rotatable bonds is 7. The number of nitrogens with zero attached hydrogens (tertiary/aromatic N) is 2. The van der Waals surface area contributed by atoms with E-state index in [1.807, 2.05) is 12.1 Å². The zero-order chi connectivity index (χ0) is 28.4. The van der Waals surface area contributed by atoms with Crippen molar-refractivity contribution in [2.45, 2.75) is 18.6 Å². The molecule has 2 heterocycles. The summed E-state index contributed by atoms with van der Waals surface area (Å²) in [4.78, 5) is 34.2. The number of carboxylic acid groups (broad SMARTS) is 1. The van der Waals surface area contributed by atoms with Crippen LogP contribution < -0.4 is 5.32 Å². The summed E-state index contributed by atoms with van der Waals surface area (Å²) in [6, 6.07) is 19.9. The monoisotopic (exact) mass is 565 g/mol. The number of aliphatic carboxylic acids is 1. The first-order chi connectivity index (χ1) is 19.1. The zero-order valence-corrected chi connectivity index (χ0v) is 21.2. The number of carbonyl (C=O) groups excluding carboxylic acids is 1. The average molecular weight is 566 g/mol. The van der Waals surface area contributed by atoms with E-state index in [0.717, 1.165) is 17.5 Å². The standard InChI is InChI=1S/C29H19ClF3N3O4/c30-20-12-5-16(6-13-20)15-23(28(38)39)35-26(37)24-25(22-14-9-17-3-1-2-4-21(17)34-22)40-27(36-24)18-7-10-19(11-8-18)29(31,32)33/h1-14,23H,15H2,(H,35,37)(H,38,39)/t23-/m0/s1. The van der Waals surface area contributed by atoms with Gasteiger partial charge in [-0.15, -0.1) is 0 Å². The summed E-state index contributed by atoms with van der Waals surface area (Å²) < 4.78 is 45.0. The number of hydrogen-bond donors (Lipinski definition) is 2. The molecule has 5 rings (SSSR count). The van der Waals surface area contributed by atoms with Gasteiger partial charge in [-0.3, -0.25) is 4.79 Å². The van der Waals surface area contributed by atoms with E-state index in [-0.39, 0.29) is 35.0 Å². The second-order valence-corrected chi connectivity index (χ2v) is 9.29. The van der Waals surface area contributed by atoms with Crippen LogP contribution in [0.15, 0.2) is 89.3 Å². The van der Waals surface area contributed by atoms with E-state index in [1.165, 1.54) is 12.1 Å². The quantitative estimate of drug-likeness (QED) is 0.229. The van der Waals surface area contributed by atoms with Crippen LogP contribution in [0, 0.1) is 0 Å². The molecular weight excluding hydrogens is 547 g/mol. The lowest BCUT2D eigenvalue weighted by molar-refractivity contribution is -0.139. The smallest absolute Gasteiger partial charge is 0.416 e. The van der Waals surface area contributed by atoms with Crippen molar-refractivity contribution >= 4 is 34.4 Å². The van der Waals surface area contributed by atoms with Crippen LogP contribution in [0.3, 0.4) is 0 Å². The molecule has 2 N–H and O–H groups in total. The van der Waals surface area contributed by atoms with Gasteiger partial charge in [0.2, 0.25) is 5.89 Å². The van der Waals surface area contributed by atoms with Crippen LogP contribution in [0.2, 0.25) is 5.02 Å². The largest absolute Gasteiger partial charge is 0.480 e. The van der Waals surface area contributed by atoms with Gasteiger partial charge in [-0.2, -0.15) is 13.2 Å². The van der Waals surface area contributed by atoms with Crippen molar-refractivity contribution < 1.29 is 32.3 Å². The summed E-state index contributed by atoms with van der Waals surface area (Å²) in [6.45, 7) is 0. The van der Waals surface area contributed by atoms with Crippen molar-refractivity contribution in [3.8, 4) is 22.9 Å². The maximum absolute atomic E-state index is 13.4. The molecule has 0 saturated carbocycles. The highest BCUT2D eigenvalue weighted by molar-refractivity contribution is 6.30. The first-order valence-corrected chi connectivity index (χ1v) is 12.3. The number of nitrogens with one attached hydrogen (secondary N) is 1. The van der Waals surface area contributed by atoms with E-state index >= 15 is 0 Å². The van der Waals surface area contributed by atoms with Crippen molar-refractivity contribution in [2.24, 2.45) is 0 Å². The van der Waals surface area contributed by atoms with E-state index in [1.54, 1.807) is 48.5 Å². The second kappa shape index (κ2) is 10.8. The van der Waals surface area contributed by atoms with Crippen LogP contribution in [0.4, 0.5) is 13.2 Å². The summed E-state index contributed by atoms with van der Waals surface area (Å²) in [5.41, 5.74) is 0.525.